The Balaban J connectivity index is 2.34. The molecule has 2 rings (SSSR count). The van der Waals surface area contributed by atoms with E-state index < -0.39 is 5.97 Å². The molecule has 0 aliphatic carbocycles. The normalized spacial score (nSPS) is 9.83. The van der Waals surface area contributed by atoms with Crippen molar-refractivity contribution >= 4 is 18.1 Å². The highest BCUT2D eigenvalue weighted by Gasteiger charge is 2.12. The van der Waals surface area contributed by atoms with E-state index in [2.05, 4.69) is 15.0 Å². The first-order valence-electron chi connectivity index (χ1n) is 5.17. The zero-order valence-corrected chi connectivity index (χ0v) is 9.66. The minimum Gasteiger partial charge on any atom is -0.464 e. The summed E-state index contributed by atoms with van der Waals surface area (Å²) in [4.78, 5) is 25.7. The molecule has 0 spiro atoms. The highest BCUT2D eigenvalue weighted by atomic mass is 16.5. The SMILES string of the molecule is COC(=O)c1cncn1-c1ccc(NC=O)cc1. The molecule has 1 N–H and O–H groups in total. The van der Waals surface area contributed by atoms with Crippen LogP contribution in [0.15, 0.2) is 36.8 Å². The Hall–Kier alpha value is -2.63. The summed E-state index contributed by atoms with van der Waals surface area (Å²) in [5, 5.41) is 2.53. The summed E-state index contributed by atoms with van der Waals surface area (Å²) in [6.45, 7) is 0. The molecule has 6 nitrogen and oxygen atoms in total. The van der Waals surface area contributed by atoms with Crippen molar-refractivity contribution in [1.82, 2.24) is 9.55 Å². The molecule has 0 saturated carbocycles. The van der Waals surface area contributed by atoms with Crippen molar-refractivity contribution in [3.05, 3.63) is 42.5 Å². The van der Waals surface area contributed by atoms with Gasteiger partial charge in [0, 0.05) is 11.4 Å². The molecular formula is C12H11N3O3. The number of carbonyl (C=O) groups is 2. The summed E-state index contributed by atoms with van der Waals surface area (Å²) in [6.07, 6.45) is 3.56. The Kier molecular flexibility index (Phi) is 3.38. The highest BCUT2D eigenvalue weighted by molar-refractivity contribution is 5.88. The second-order valence-corrected chi connectivity index (χ2v) is 3.45. The van der Waals surface area contributed by atoms with E-state index in [9.17, 15) is 9.59 Å². The fraction of sp³-hybridized carbons (Fsp3) is 0.0833. The van der Waals surface area contributed by atoms with E-state index >= 15 is 0 Å². The smallest absolute Gasteiger partial charge is 0.356 e. The minimum absolute atomic E-state index is 0.341. The van der Waals surface area contributed by atoms with Crippen molar-refractivity contribution in [3.8, 4) is 5.69 Å². The maximum Gasteiger partial charge on any atom is 0.356 e. The first-order chi connectivity index (χ1) is 8.76. The third kappa shape index (κ3) is 2.22. The van der Waals surface area contributed by atoms with E-state index in [0.29, 0.717) is 17.8 Å². The number of anilines is 1. The monoisotopic (exact) mass is 245 g/mol. The molecule has 0 aliphatic heterocycles. The highest BCUT2D eigenvalue weighted by Crippen LogP contribution is 2.15. The number of nitrogens with one attached hydrogen (secondary N) is 1. The molecule has 1 amide bonds. The first-order valence-corrected chi connectivity index (χ1v) is 5.17. The molecule has 0 radical (unpaired) electrons. The third-order valence-electron chi connectivity index (χ3n) is 2.40. The number of aromatic nitrogens is 2. The van der Waals surface area contributed by atoms with Gasteiger partial charge in [0.05, 0.1) is 19.6 Å². The summed E-state index contributed by atoms with van der Waals surface area (Å²) < 4.78 is 6.27. The van der Waals surface area contributed by atoms with Crippen LogP contribution in [0.4, 0.5) is 5.69 Å². The van der Waals surface area contributed by atoms with Gasteiger partial charge >= 0.3 is 5.97 Å². The summed E-state index contributed by atoms with van der Waals surface area (Å²) in [7, 11) is 1.32. The maximum absolute atomic E-state index is 11.5. The van der Waals surface area contributed by atoms with Gasteiger partial charge in [0.15, 0.2) is 5.69 Å². The largest absolute Gasteiger partial charge is 0.464 e. The van der Waals surface area contributed by atoms with Crippen LogP contribution in [0.1, 0.15) is 10.5 Å². The number of methoxy groups -OCH3 is 1. The summed E-state index contributed by atoms with van der Waals surface area (Å²) in [6, 6.07) is 6.98. The second-order valence-electron chi connectivity index (χ2n) is 3.45. The van der Waals surface area contributed by atoms with E-state index in [0.717, 1.165) is 5.69 Å². The number of benzene rings is 1. The lowest BCUT2D eigenvalue weighted by Gasteiger charge is -2.07. The van der Waals surface area contributed by atoms with Gasteiger partial charge in [0.2, 0.25) is 6.41 Å². The lowest BCUT2D eigenvalue weighted by molar-refractivity contribution is -0.105. The minimum atomic E-state index is -0.456. The van der Waals surface area contributed by atoms with Crippen molar-refractivity contribution in [1.29, 1.82) is 0 Å². The van der Waals surface area contributed by atoms with Gasteiger partial charge in [-0.2, -0.15) is 0 Å². The van der Waals surface area contributed by atoms with Crippen LogP contribution in [0.2, 0.25) is 0 Å². The van der Waals surface area contributed by atoms with E-state index in [1.54, 1.807) is 28.8 Å². The van der Waals surface area contributed by atoms with Crippen LogP contribution in [-0.2, 0) is 9.53 Å². The molecule has 6 heteroatoms. The lowest BCUT2D eigenvalue weighted by atomic mass is 10.2. The molecule has 0 fully saturated rings. The number of imidazole rings is 1. The molecule has 0 unspecified atom stereocenters. The number of nitrogens with zero attached hydrogens (tertiary/aromatic N) is 2. The number of hydrogen-bond acceptors (Lipinski definition) is 4. The van der Waals surface area contributed by atoms with E-state index in [1.165, 1.54) is 19.6 Å². The summed E-state index contributed by atoms with van der Waals surface area (Å²) >= 11 is 0. The van der Waals surface area contributed by atoms with Gasteiger partial charge in [0.1, 0.15) is 0 Å². The molecule has 1 heterocycles. The molecule has 1 aromatic carbocycles. The predicted molar refractivity (Wildman–Crippen MR) is 64.6 cm³/mol. The van der Waals surface area contributed by atoms with E-state index in [-0.39, 0.29) is 0 Å². The van der Waals surface area contributed by atoms with Crippen LogP contribution in [0.3, 0.4) is 0 Å². The van der Waals surface area contributed by atoms with Gasteiger partial charge in [-0.3, -0.25) is 9.36 Å². The summed E-state index contributed by atoms with van der Waals surface area (Å²) in [5.41, 5.74) is 1.77. The van der Waals surface area contributed by atoms with Gasteiger partial charge in [0.25, 0.3) is 0 Å². The Labute approximate surface area is 103 Å². The van der Waals surface area contributed by atoms with Crippen LogP contribution in [0, 0.1) is 0 Å². The van der Waals surface area contributed by atoms with Crippen LogP contribution in [0.25, 0.3) is 5.69 Å². The fourth-order valence-electron chi connectivity index (χ4n) is 1.54. The van der Waals surface area contributed by atoms with Gasteiger partial charge in [-0.1, -0.05) is 0 Å². The van der Waals surface area contributed by atoms with Crippen LogP contribution in [0.5, 0.6) is 0 Å². The predicted octanol–water partition coefficient (Wildman–Crippen LogP) is 1.23. The topological polar surface area (TPSA) is 73.2 Å². The molecule has 92 valence electrons. The van der Waals surface area contributed by atoms with E-state index in [1.807, 2.05) is 0 Å². The quantitative estimate of drug-likeness (QED) is 0.649. The van der Waals surface area contributed by atoms with Crippen molar-refractivity contribution in [2.24, 2.45) is 0 Å². The number of esters is 1. The Morgan fingerprint density at radius 2 is 2.11 bits per heavy atom. The number of carbonyl (C=O) groups excluding carboxylic acids is 2. The van der Waals surface area contributed by atoms with Gasteiger partial charge in [-0.15, -0.1) is 0 Å². The summed E-state index contributed by atoms with van der Waals surface area (Å²) in [5.74, 6) is -0.456. The van der Waals surface area contributed by atoms with Crippen LogP contribution in [-0.4, -0.2) is 29.0 Å². The van der Waals surface area contributed by atoms with E-state index in [4.69, 9.17) is 0 Å². The fourth-order valence-corrected chi connectivity index (χ4v) is 1.54. The Morgan fingerprint density at radius 3 is 2.72 bits per heavy atom. The second kappa shape index (κ2) is 5.13. The zero-order chi connectivity index (χ0) is 13.0. The standard InChI is InChI=1S/C12H11N3O3/c1-18-12(17)11-6-13-7-15(11)10-4-2-9(3-5-10)14-8-16/h2-8H,1H3,(H,14,16). The third-order valence-corrected chi connectivity index (χ3v) is 2.40. The molecule has 18 heavy (non-hydrogen) atoms. The van der Waals surface area contributed by atoms with Crippen LogP contribution >= 0.6 is 0 Å². The van der Waals surface area contributed by atoms with Gasteiger partial charge in [-0.05, 0) is 24.3 Å². The van der Waals surface area contributed by atoms with Crippen molar-refractivity contribution in [3.63, 3.8) is 0 Å². The average Bonchev–Trinajstić information content (AvgIpc) is 2.88. The zero-order valence-electron chi connectivity index (χ0n) is 9.66. The molecule has 2 aromatic rings. The number of hydrogen-bond donors (Lipinski definition) is 1. The Morgan fingerprint density at radius 1 is 1.39 bits per heavy atom. The average molecular weight is 245 g/mol. The van der Waals surface area contributed by atoms with Crippen LogP contribution < -0.4 is 5.32 Å². The number of ether oxygens (including phenoxy) is 1. The van der Waals surface area contributed by atoms with Crippen molar-refractivity contribution < 1.29 is 14.3 Å². The van der Waals surface area contributed by atoms with Gasteiger partial charge < -0.3 is 10.1 Å². The molecule has 0 bridgehead atoms. The van der Waals surface area contributed by atoms with Crippen molar-refractivity contribution in [2.75, 3.05) is 12.4 Å². The Bertz CT molecular complexity index is 560. The lowest BCUT2D eigenvalue weighted by Crippen LogP contribution is -2.08. The molecule has 0 atom stereocenters. The van der Waals surface area contributed by atoms with Gasteiger partial charge in [-0.25, -0.2) is 9.78 Å². The first kappa shape index (κ1) is 11.8. The molecular weight excluding hydrogens is 234 g/mol. The van der Waals surface area contributed by atoms with Crippen molar-refractivity contribution in [2.45, 2.75) is 0 Å². The molecule has 0 saturated heterocycles. The number of amides is 1. The maximum atomic E-state index is 11.5. The molecule has 0 aliphatic rings. The number of rotatable bonds is 4. The molecule has 1 aromatic heterocycles.